The van der Waals surface area contributed by atoms with Gasteiger partial charge in [0, 0.05) is 20.4 Å². The van der Waals surface area contributed by atoms with Crippen molar-refractivity contribution in [3.63, 3.8) is 0 Å². The summed E-state index contributed by atoms with van der Waals surface area (Å²) < 4.78 is 130. The Morgan fingerprint density at radius 2 is 1.01 bits per heavy atom. The van der Waals surface area contributed by atoms with Crippen LogP contribution in [0.4, 0.5) is 4.79 Å². The molecule has 10 N–H and O–H groups in total. The largest absolute Gasteiger partial charge is 1.00 e. The van der Waals surface area contributed by atoms with Crippen molar-refractivity contribution in [3.8, 4) is 0 Å². The van der Waals surface area contributed by atoms with Crippen molar-refractivity contribution in [1.82, 2.24) is 16.0 Å². The molecule has 40 heteroatoms. The Balaban J connectivity index is 0.00000760. The number of rotatable bonds is 22. The first-order chi connectivity index (χ1) is 34.6. The fourth-order valence-corrected chi connectivity index (χ4v) is 8.99. The Labute approximate surface area is 531 Å². The average Bonchev–Trinajstić information content (AvgIpc) is 3.31. The van der Waals surface area contributed by atoms with E-state index in [-0.39, 0.29) is 131 Å². The second-order valence-electron chi connectivity index (χ2n) is 16.4. The Morgan fingerprint density at radius 3 is 1.46 bits per heavy atom. The first kappa shape index (κ1) is 75.5. The van der Waals surface area contributed by atoms with Crippen molar-refractivity contribution in [2.24, 2.45) is 0 Å². The van der Waals surface area contributed by atoms with Gasteiger partial charge >= 0.3 is 124 Å². The standard InChI is InChI=1S/C38H55N3O31S2.4Na/c1-13(44)40-18-27(25(71-73(56,57)58)16(10-42)64-34(18)62-9-8-39-38(55)63-12-15-6-4-3-5-7-15)66-37-24(50)22(48)29(31(70-37)33(53)54)68-35-19(41-14(2)45)28(26(17(11-43)65-35)72-74(59,60)61)67-36-23(49)20(46)21(47)30(69-36)32(51)52;;;;/h3-7,16-31,34-37,42-43,46-50H,8-12H2,1-2H3,(H,39,55)(H,40,44)(H,41,45)(H,51,52)(H,53,54)(H,56,57,58)(H,59,60,61);;;;/q;4*+1/p-4/t16-,17-,18-,19-,20+,21+,22-,23-,24-,25+,26+,27-,28-,29+,30+,31+,34-,35+,36-,37-;;;;/m1..../s1. The molecular weight excluding hydrogens is 1150 g/mol. The van der Waals surface area contributed by atoms with E-state index >= 15 is 0 Å². The number of carboxylic acid groups (broad SMARTS) is 2. The molecule has 1 aromatic rings. The van der Waals surface area contributed by atoms with E-state index in [4.69, 9.17) is 42.6 Å². The fourth-order valence-electron chi connectivity index (χ4n) is 7.98. The zero-order valence-corrected chi connectivity index (χ0v) is 51.8. The summed E-state index contributed by atoms with van der Waals surface area (Å²) in [5.74, 6) is -6.62. The number of aliphatic hydroxyl groups excluding tert-OH is 7. The van der Waals surface area contributed by atoms with Crippen LogP contribution >= 0.6 is 0 Å². The number of aliphatic carboxylic acids is 2. The number of carbonyl (C=O) groups is 5. The van der Waals surface area contributed by atoms with Gasteiger partial charge in [-0.2, -0.15) is 0 Å². The quantitative estimate of drug-likeness (QED) is 0.0223. The van der Waals surface area contributed by atoms with Gasteiger partial charge in [-0.05, 0) is 5.56 Å². The van der Waals surface area contributed by atoms with Gasteiger partial charge in [0.1, 0.15) is 104 Å². The second-order valence-corrected chi connectivity index (χ2v) is 18.5. The third-order valence-corrected chi connectivity index (χ3v) is 12.1. The third-order valence-electron chi connectivity index (χ3n) is 11.2. The number of carboxylic acids is 2. The van der Waals surface area contributed by atoms with E-state index in [1.54, 1.807) is 30.3 Å². The molecule has 34 nitrogen and oxygen atoms in total. The predicted octanol–water partition coefficient (Wildman–Crippen LogP) is -23.0. The molecule has 0 aliphatic carbocycles. The molecule has 4 heterocycles. The normalized spacial score (nSPS) is 34.9. The molecule has 20 atom stereocenters. The van der Waals surface area contributed by atoms with Gasteiger partial charge in [0.15, 0.2) is 25.2 Å². The molecule has 0 aromatic heterocycles. The minimum Gasteiger partial charge on any atom is -0.726 e. The van der Waals surface area contributed by atoms with Crippen molar-refractivity contribution in [2.45, 2.75) is 143 Å². The van der Waals surface area contributed by atoms with Gasteiger partial charge in [0.05, 0.1) is 31.8 Å². The molecule has 78 heavy (non-hydrogen) atoms. The number of hydrogen-bond donors (Lipinski definition) is 10. The van der Waals surface area contributed by atoms with Crippen LogP contribution in [0, 0.1) is 0 Å². The summed E-state index contributed by atoms with van der Waals surface area (Å²) in [7, 11) is -11.7. The molecule has 4 aliphatic heterocycles. The van der Waals surface area contributed by atoms with Crippen molar-refractivity contribution in [1.29, 1.82) is 0 Å². The molecule has 0 radical (unpaired) electrons. The fraction of sp³-hybridized carbons (Fsp3) is 0.711. The summed E-state index contributed by atoms with van der Waals surface area (Å²) in [6.45, 7) is -1.87. The van der Waals surface area contributed by atoms with Crippen molar-refractivity contribution in [3.05, 3.63) is 35.9 Å². The van der Waals surface area contributed by atoms with Crippen molar-refractivity contribution >= 4 is 50.6 Å². The number of alkyl carbamates (subject to hydrolysis) is 1. The molecule has 0 spiro atoms. The maximum atomic E-state index is 12.8. The average molecular weight is 1200 g/mol. The molecule has 5 rings (SSSR count). The van der Waals surface area contributed by atoms with Crippen LogP contribution in [0.5, 0.6) is 0 Å². The summed E-state index contributed by atoms with van der Waals surface area (Å²) in [6.07, 6.45) is -44.2. The third kappa shape index (κ3) is 20.9. The number of amides is 3. The summed E-state index contributed by atoms with van der Waals surface area (Å²) >= 11 is 0. The van der Waals surface area contributed by atoms with Crippen LogP contribution in [0.2, 0.25) is 0 Å². The SMILES string of the molecule is CC(=O)N[C@H]1[C@H](O[C@H]2[C@H](O)[C@@H](O)[C@H](O[C@@H]3[C@@H](NC(C)=O)[C@H](OCCNC(=O)OCc4ccccc4)O[C@H](CO)[C@@H]3OS(=O)(=O)[O-])O[C@@H]2C(=O)[O-])O[C@H](CO)[C@H](OS(=O)(=O)[O-])[C@@H]1O[C@@H]1O[C@H](C(=O)[O-])[C@@H](O)[C@H](O)[C@H]1O.[Na+].[Na+].[Na+].[Na+]. The first-order valence-electron chi connectivity index (χ1n) is 21.6. The van der Waals surface area contributed by atoms with E-state index in [1.165, 1.54) is 0 Å². The number of hydrogen-bond acceptors (Lipinski definition) is 31. The maximum Gasteiger partial charge on any atom is 1.00 e. The molecule has 0 unspecified atom stereocenters. The van der Waals surface area contributed by atoms with E-state index in [1.807, 2.05) is 0 Å². The molecule has 1 aromatic carbocycles. The van der Waals surface area contributed by atoms with Crippen LogP contribution in [0.1, 0.15) is 19.4 Å². The van der Waals surface area contributed by atoms with Crippen LogP contribution in [0.15, 0.2) is 30.3 Å². The minimum absolute atomic E-state index is 0. The number of carbonyl (C=O) groups excluding carboxylic acids is 5. The molecule has 3 amide bonds. The Kier molecular flexibility index (Phi) is 32.8. The van der Waals surface area contributed by atoms with Crippen LogP contribution in [-0.2, 0) is 97.6 Å². The zero-order chi connectivity index (χ0) is 55.0. The molecular formula is C38H51N3Na4O31S2. The van der Waals surface area contributed by atoms with Crippen molar-refractivity contribution < 1.29 is 265 Å². The summed E-state index contributed by atoms with van der Waals surface area (Å²) in [5, 5.41) is 106. The first-order valence-corrected chi connectivity index (χ1v) is 24.3. The number of ether oxygens (including phenoxy) is 9. The van der Waals surface area contributed by atoms with E-state index < -0.39 is 193 Å². The molecule has 0 saturated carbocycles. The zero-order valence-electron chi connectivity index (χ0n) is 42.2. The van der Waals surface area contributed by atoms with E-state index in [2.05, 4.69) is 24.3 Å². The topological polar surface area (TPSA) is 525 Å². The van der Waals surface area contributed by atoms with Gasteiger partial charge in [-0.15, -0.1) is 0 Å². The van der Waals surface area contributed by atoms with Gasteiger partial charge in [-0.1, -0.05) is 30.3 Å². The Hall–Kier alpha value is -0.490. The number of benzene rings is 1. The Morgan fingerprint density at radius 1 is 0.577 bits per heavy atom. The van der Waals surface area contributed by atoms with Gasteiger partial charge < -0.3 is 123 Å². The smallest absolute Gasteiger partial charge is 0.726 e. The summed E-state index contributed by atoms with van der Waals surface area (Å²) in [6, 6.07) is 4.37. The molecule has 420 valence electrons. The van der Waals surface area contributed by atoms with Gasteiger partial charge in [0.25, 0.3) is 0 Å². The van der Waals surface area contributed by atoms with E-state index in [0.717, 1.165) is 13.8 Å². The Bertz CT molecular complexity index is 2330. The van der Waals surface area contributed by atoms with Gasteiger partial charge in [-0.25, -0.2) is 21.6 Å². The van der Waals surface area contributed by atoms with Crippen LogP contribution < -0.4 is 144 Å². The van der Waals surface area contributed by atoms with E-state index in [0.29, 0.717) is 5.56 Å². The molecule has 4 fully saturated rings. The second kappa shape index (κ2) is 33.9. The molecule has 4 saturated heterocycles. The minimum atomic E-state index is -5.90. The monoisotopic (exact) mass is 1200 g/mol. The summed E-state index contributed by atoms with van der Waals surface area (Å²) in [5.41, 5.74) is 0.642. The maximum absolute atomic E-state index is 12.8. The van der Waals surface area contributed by atoms with Crippen molar-refractivity contribution in [2.75, 3.05) is 26.4 Å². The number of aliphatic hydroxyl groups is 7. The number of nitrogens with one attached hydrogen (secondary N) is 3. The van der Waals surface area contributed by atoms with Gasteiger partial charge in [0.2, 0.25) is 32.6 Å². The van der Waals surface area contributed by atoms with Crippen LogP contribution in [-0.4, -0.2) is 241 Å². The predicted molar refractivity (Wildman–Crippen MR) is 218 cm³/mol. The van der Waals surface area contributed by atoms with Gasteiger partial charge in [-0.3, -0.25) is 18.0 Å². The summed E-state index contributed by atoms with van der Waals surface area (Å²) in [4.78, 5) is 62.0. The van der Waals surface area contributed by atoms with Crippen LogP contribution in [0.25, 0.3) is 0 Å². The van der Waals surface area contributed by atoms with Crippen LogP contribution in [0.3, 0.4) is 0 Å². The molecule has 4 aliphatic rings. The molecule has 0 bridgehead atoms. The van der Waals surface area contributed by atoms with E-state index in [9.17, 15) is 95.9 Å².